The smallest absolute Gasteiger partial charge is 0.322 e. The third-order valence-corrected chi connectivity index (χ3v) is 22.3. The summed E-state index contributed by atoms with van der Waals surface area (Å²) in [5, 5.41) is 91.6. The van der Waals surface area contributed by atoms with Crippen molar-refractivity contribution in [3.05, 3.63) is 71.9 Å². The Hall–Kier alpha value is -14.7. The molecule has 2 aromatic carbocycles. The van der Waals surface area contributed by atoms with Crippen LogP contribution >= 0.6 is 0 Å². The molecule has 0 spiro atoms. The first kappa shape index (κ1) is 121. The van der Waals surface area contributed by atoms with Crippen LogP contribution in [0.2, 0.25) is 0 Å². The Bertz CT molecular complexity index is 4820. The van der Waals surface area contributed by atoms with E-state index in [1.807, 2.05) is 0 Å². The van der Waals surface area contributed by atoms with Gasteiger partial charge in [0.05, 0.1) is 19.1 Å². The van der Waals surface area contributed by atoms with Crippen LogP contribution in [-0.2, 0) is 114 Å². The van der Waals surface area contributed by atoms with Gasteiger partial charge < -0.3 is 150 Å². The highest BCUT2D eigenvalue weighted by atomic mass is 16.4. The van der Waals surface area contributed by atoms with Crippen molar-refractivity contribution < 1.29 is 116 Å². The van der Waals surface area contributed by atoms with E-state index in [4.69, 9.17) is 44.6 Å². The minimum Gasteiger partial charge on any atom is -0.481 e. The number of carbonyl (C=O) groups is 21. The first-order chi connectivity index (χ1) is 66.8. The first-order valence-corrected chi connectivity index (χ1v) is 47.1. The Morgan fingerprint density at radius 2 is 0.732 bits per heavy atom. The third kappa shape index (κ3) is 46.4. The van der Waals surface area contributed by atoms with Gasteiger partial charge in [0.15, 0.2) is 11.9 Å². The highest BCUT2D eigenvalue weighted by molar-refractivity contribution is 6.02. The van der Waals surface area contributed by atoms with E-state index in [-0.39, 0.29) is 108 Å². The normalized spacial score (nSPS) is 14.5. The average Bonchev–Trinajstić information content (AvgIpc) is 1.63. The van der Waals surface area contributed by atoms with Gasteiger partial charge in [0.1, 0.15) is 91.1 Å². The number of fused-ring (bicyclic) bond motifs is 1. The van der Waals surface area contributed by atoms with Gasteiger partial charge in [-0.25, -0.2) is 0 Å². The molecule has 0 aliphatic heterocycles. The Morgan fingerprint density at radius 1 is 0.359 bits per heavy atom. The summed E-state index contributed by atoms with van der Waals surface area (Å²) >= 11 is 0. The van der Waals surface area contributed by atoms with Gasteiger partial charge in [-0.05, 0) is 145 Å². The molecule has 788 valence electrons. The number of carboxylic acid groups (broad SMARTS) is 3. The highest BCUT2D eigenvalue weighted by Crippen LogP contribution is 2.22. The number of aliphatic carboxylic acids is 3. The lowest BCUT2D eigenvalue weighted by atomic mass is 9.96. The molecular weight excluding hydrogens is 1860 g/mol. The summed E-state index contributed by atoms with van der Waals surface area (Å²) in [6.45, 7) is 15.1. The number of rotatable bonds is 67. The molecule has 0 saturated heterocycles. The number of carboxylic acids is 3. The van der Waals surface area contributed by atoms with Crippen LogP contribution in [0.5, 0.6) is 0 Å². The molecular formula is C91H145N27O24. The van der Waals surface area contributed by atoms with Gasteiger partial charge in [-0.2, -0.15) is 0 Å². The number of amides is 18. The van der Waals surface area contributed by atoms with E-state index in [0.717, 1.165) is 0 Å². The number of aromatic amines is 1. The van der Waals surface area contributed by atoms with E-state index < -0.39 is 291 Å². The second-order valence-corrected chi connectivity index (χ2v) is 35.7. The third-order valence-electron chi connectivity index (χ3n) is 22.3. The van der Waals surface area contributed by atoms with Crippen LogP contribution in [0.1, 0.15) is 190 Å². The molecule has 0 aliphatic carbocycles. The van der Waals surface area contributed by atoms with Crippen LogP contribution in [0.4, 0.5) is 0 Å². The van der Waals surface area contributed by atoms with Crippen molar-refractivity contribution in [2.75, 3.05) is 39.3 Å². The zero-order valence-electron chi connectivity index (χ0n) is 82.0. The monoisotopic (exact) mass is 2000 g/mol. The number of para-hydroxylation sites is 1. The fraction of sp³-hybridized carbons (Fsp3) is 0.593. The highest BCUT2D eigenvalue weighted by Gasteiger charge is 2.40. The number of primary amides is 1. The zero-order chi connectivity index (χ0) is 107. The number of hydrogen-bond donors (Lipinski definition) is 30. The molecule has 3 rings (SSSR count). The molecule has 3 aromatic rings. The molecule has 1 heterocycles. The van der Waals surface area contributed by atoms with Gasteiger partial charge >= 0.3 is 17.9 Å². The standard InChI is InChI=1S/C91H145N27O24/c1-12-49(8)74(89(142)107-52(11)77(130)114-66(41-54-42-101-57-25-17-16-24-55(54)57)85(138)115-64(39-47(4)5)86(139)117-73(48(6)7)88(141)113-59(28-21-37-100-91(97)98)80(133)102-43-68(120)108-58(27-20-36-99-90(95)96)79(132)104-45-72(126)127)118-87(140)65(40-53-22-14-13-15-23-53)116-84(137)63(31-34-71(124)125)112-83(136)60(26-18-19-35-92)110-76(129)51(10)105-75(128)50(9)106-82(135)62(29-32-67(94)119)109-69(121)44-103-81(134)61(30-33-70(122)123)111-78(131)56(93)38-46(2)3/h13-17,22-25,42,46-52,56,58-66,73-74,101H,12,18-21,26-41,43-45,92-93H2,1-11H3,(H2,94,119)(H,102,133)(H,103,134)(H,104,132)(H,105,128)(H,106,135)(H,107,142)(H,108,120)(H,109,121)(H,110,129)(H,111,131)(H,112,136)(H,113,141)(H,114,130)(H,115,138)(H,116,137)(H,117,139)(H,118,140)(H,122,123)(H,124,125)(H,126,127)(H4,95,96,99)(H4,97,98,100)/t49-,50-,51-,52-,56-,58-,59-,60-,61-,62-,63-,64-,65-,66-,73-,74-/m0/s1. The number of carbonyl (C=O) groups excluding carboxylic acids is 18. The number of nitrogens with one attached hydrogen (secondary N) is 22. The molecule has 142 heavy (non-hydrogen) atoms. The summed E-state index contributed by atoms with van der Waals surface area (Å²) in [5.41, 5.74) is 29.6. The molecule has 51 nitrogen and oxygen atoms in total. The summed E-state index contributed by atoms with van der Waals surface area (Å²) < 4.78 is 0. The van der Waals surface area contributed by atoms with Crippen LogP contribution < -0.4 is 130 Å². The number of guanidine groups is 2. The molecule has 0 aliphatic rings. The molecule has 16 atom stereocenters. The van der Waals surface area contributed by atoms with Crippen molar-refractivity contribution in [1.29, 1.82) is 10.8 Å². The summed E-state index contributed by atoms with van der Waals surface area (Å²) in [4.78, 5) is 289. The van der Waals surface area contributed by atoms with Crippen LogP contribution in [0.3, 0.4) is 0 Å². The van der Waals surface area contributed by atoms with E-state index in [1.54, 1.807) is 116 Å². The second-order valence-electron chi connectivity index (χ2n) is 35.7. The van der Waals surface area contributed by atoms with Crippen molar-refractivity contribution in [2.24, 2.45) is 52.3 Å². The predicted octanol–water partition coefficient (Wildman–Crippen LogP) is -5.99. The van der Waals surface area contributed by atoms with E-state index in [1.165, 1.54) is 20.8 Å². The van der Waals surface area contributed by atoms with Gasteiger partial charge in [-0.3, -0.25) is 112 Å². The summed E-state index contributed by atoms with van der Waals surface area (Å²) in [7, 11) is 0. The largest absolute Gasteiger partial charge is 0.481 e. The van der Waals surface area contributed by atoms with E-state index in [9.17, 15) is 106 Å². The van der Waals surface area contributed by atoms with Crippen LogP contribution in [0.25, 0.3) is 10.9 Å². The molecule has 51 heteroatoms. The molecule has 18 amide bonds. The summed E-state index contributed by atoms with van der Waals surface area (Å²) in [5.74, 6) is -23.7. The molecule has 0 radical (unpaired) electrons. The summed E-state index contributed by atoms with van der Waals surface area (Å²) in [6, 6.07) is -6.97. The van der Waals surface area contributed by atoms with E-state index in [2.05, 4.69) is 106 Å². The lowest BCUT2D eigenvalue weighted by Crippen LogP contribution is -2.61. The number of nitrogens with two attached hydrogens (primary N) is 5. The molecule has 1 aromatic heterocycles. The van der Waals surface area contributed by atoms with Gasteiger partial charge in [-0.15, -0.1) is 0 Å². The minimum atomic E-state index is -1.77. The number of benzene rings is 2. The maximum Gasteiger partial charge on any atom is 0.322 e. The Morgan fingerprint density at radius 3 is 1.23 bits per heavy atom. The second kappa shape index (κ2) is 63.1. The number of hydrogen-bond acceptors (Lipinski definition) is 25. The zero-order valence-corrected chi connectivity index (χ0v) is 82.0. The van der Waals surface area contributed by atoms with Crippen molar-refractivity contribution in [3.63, 3.8) is 0 Å². The Balaban J connectivity index is 1.93. The van der Waals surface area contributed by atoms with Crippen molar-refractivity contribution >= 4 is 147 Å². The first-order valence-electron chi connectivity index (χ1n) is 47.1. The topological polar surface area (TPSA) is 841 Å². The van der Waals surface area contributed by atoms with Crippen molar-refractivity contribution in [2.45, 2.75) is 282 Å². The average molecular weight is 2000 g/mol. The number of unbranched alkanes of at least 4 members (excludes halogenated alkanes) is 1. The van der Waals surface area contributed by atoms with E-state index >= 15 is 4.79 Å². The molecule has 0 unspecified atom stereocenters. The quantitative estimate of drug-likeness (QED) is 0.0142. The maximum absolute atomic E-state index is 15.1. The Labute approximate surface area is 822 Å². The molecule has 0 fully saturated rings. The van der Waals surface area contributed by atoms with Crippen molar-refractivity contribution in [1.82, 2.24) is 106 Å². The number of aromatic nitrogens is 1. The van der Waals surface area contributed by atoms with Crippen LogP contribution in [0, 0.1) is 34.5 Å². The van der Waals surface area contributed by atoms with Gasteiger partial charge in [0, 0.05) is 62.3 Å². The fourth-order valence-corrected chi connectivity index (χ4v) is 14.3. The SMILES string of the molecule is CC[C@H](C)[C@H](NC(=O)[C@H](Cc1ccccc1)NC(=O)[C@H](CCC(=O)O)NC(=O)[C@H](CCCCN)NC(=O)[C@H](C)NC(=O)[C@H](C)NC(=O)[C@H](CCC(N)=O)NC(=O)CNC(=O)[C@H](CCC(=O)O)NC(=O)[C@@H](N)CC(C)C)C(=O)N[C@@H](C)C(=O)N[C@@H](Cc1c[nH]c2ccccc12)C(=O)N[C@@H](CC(C)C)C(=O)N[C@H](C(=O)N[C@@H](CCCNC(=N)N)C(=O)NCC(=O)N[C@@H](CCCNC(=N)N)C(=O)NCC(=O)O)C(C)C. The van der Waals surface area contributed by atoms with Gasteiger partial charge in [0.25, 0.3) is 0 Å². The molecule has 0 bridgehead atoms. The molecule has 0 saturated carbocycles. The minimum absolute atomic E-state index is 0.0188. The van der Waals surface area contributed by atoms with Crippen LogP contribution in [-0.4, -0.2) is 286 Å². The number of H-pyrrole nitrogens is 1. The van der Waals surface area contributed by atoms with E-state index in [0.29, 0.717) is 28.5 Å². The predicted molar refractivity (Wildman–Crippen MR) is 517 cm³/mol. The van der Waals surface area contributed by atoms with Gasteiger partial charge in [-0.1, -0.05) is 110 Å². The molecule has 35 N–H and O–H groups in total. The lowest BCUT2D eigenvalue weighted by molar-refractivity contribution is -0.139. The van der Waals surface area contributed by atoms with Crippen LogP contribution in [0.15, 0.2) is 60.8 Å². The Kier molecular flexibility index (Phi) is 54.0. The van der Waals surface area contributed by atoms with Crippen molar-refractivity contribution in [3.8, 4) is 0 Å². The summed E-state index contributed by atoms with van der Waals surface area (Å²) in [6.07, 6.45) is -1.36. The van der Waals surface area contributed by atoms with Gasteiger partial charge in [0.2, 0.25) is 106 Å². The fourth-order valence-electron chi connectivity index (χ4n) is 14.3. The lowest BCUT2D eigenvalue weighted by Gasteiger charge is -2.30. The maximum atomic E-state index is 15.1.